The zero-order valence-corrected chi connectivity index (χ0v) is 17.3. The molecule has 0 bridgehead atoms. The third-order valence-electron chi connectivity index (χ3n) is 4.40. The number of anilines is 1. The molecule has 0 fully saturated rings. The van der Waals surface area contributed by atoms with Gasteiger partial charge < -0.3 is 5.32 Å². The number of benzene rings is 3. The van der Waals surface area contributed by atoms with E-state index >= 15 is 0 Å². The molecule has 0 saturated heterocycles. The van der Waals surface area contributed by atoms with E-state index in [1.54, 1.807) is 23.5 Å². The summed E-state index contributed by atoms with van der Waals surface area (Å²) >= 11 is 1.61. The van der Waals surface area contributed by atoms with Gasteiger partial charge >= 0.3 is 0 Å². The normalized spacial score (nSPS) is 11.5. The minimum Gasteiger partial charge on any atom is -0.326 e. The van der Waals surface area contributed by atoms with E-state index in [9.17, 15) is 13.2 Å². The summed E-state index contributed by atoms with van der Waals surface area (Å²) in [6.07, 6.45) is 1.32. The van der Waals surface area contributed by atoms with E-state index in [-0.39, 0.29) is 17.2 Å². The number of nitrogens with zero attached hydrogens (tertiary/aromatic N) is 1. The van der Waals surface area contributed by atoms with E-state index in [0.717, 1.165) is 32.6 Å². The van der Waals surface area contributed by atoms with Crippen molar-refractivity contribution in [1.29, 1.82) is 0 Å². The summed E-state index contributed by atoms with van der Waals surface area (Å²) in [4.78, 5) is 17.3. The Morgan fingerprint density at radius 1 is 1.00 bits per heavy atom. The SMILES string of the molecule is CS(=O)(=O)c1ccc(CC(=O)Nc2cccc(-c3nc4ccccc4s3)c2)cc1. The van der Waals surface area contributed by atoms with Crippen molar-refractivity contribution in [3.8, 4) is 10.6 Å². The summed E-state index contributed by atoms with van der Waals surface area (Å²) < 4.78 is 24.2. The number of amides is 1. The molecule has 0 radical (unpaired) electrons. The summed E-state index contributed by atoms with van der Waals surface area (Å²) in [5.74, 6) is -0.168. The minimum absolute atomic E-state index is 0.162. The van der Waals surface area contributed by atoms with Gasteiger partial charge in [0.1, 0.15) is 5.01 Å². The number of nitrogens with one attached hydrogen (secondary N) is 1. The first kappa shape index (κ1) is 19.3. The van der Waals surface area contributed by atoms with Crippen molar-refractivity contribution >= 4 is 43.0 Å². The Morgan fingerprint density at radius 2 is 1.76 bits per heavy atom. The fraction of sp³-hybridized carbons (Fsp3) is 0.0909. The van der Waals surface area contributed by atoms with Crippen LogP contribution in [0.2, 0.25) is 0 Å². The molecule has 1 aromatic heterocycles. The molecule has 1 amide bonds. The Balaban J connectivity index is 1.48. The summed E-state index contributed by atoms with van der Waals surface area (Å²) in [6.45, 7) is 0. The molecular formula is C22H18N2O3S2. The second-order valence-electron chi connectivity index (χ2n) is 6.71. The molecule has 1 N–H and O–H groups in total. The van der Waals surface area contributed by atoms with Gasteiger partial charge in [-0.15, -0.1) is 11.3 Å². The van der Waals surface area contributed by atoms with Gasteiger partial charge in [-0.25, -0.2) is 13.4 Å². The Morgan fingerprint density at radius 3 is 2.48 bits per heavy atom. The molecule has 146 valence electrons. The van der Waals surface area contributed by atoms with Gasteiger partial charge in [0.15, 0.2) is 9.84 Å². The van der Waals surface area contributed by atoms with Gasteiger partial charge in [0, 0.05) is 17.5 Å². The van der Waals surface area contributed by atoms with Gasteiger partial charge in [-0.3, -0.25) is 4.79 Å². The molecule has 7 heteroatoms. The van der Waals surface area contributed by atoms with Crippen LogP contribution in [0.5, 0.6) is 0 Å². The molecule has 0 aliphatic heterocycles. The number of carbonyl (C=O) groups is 1. The number of rotatable bonds is 5. The third kappa shape index (κ3) is 4.52. The van der Waals surface area contributed by atoms with Crippen LogP contribution in [0.3, 0.4) is 0 Å². The van der Waals surface area contributed by atoms with Gasteiger partial charge in [0.25, 0.3) is 0 Å². The molecule has 29 heavy (non-hydrogen) atoms. The number of sulfone groups is 1. The highest BCUT2D eigenvalue weighted by atomic mass is 32.2. The maximum atomic E-state index is 12.4. The van der Waals surface area contributed by atoms with Crippen LogP contribution < -0.4 is 5.32 Å². The topological polar surface area (TPSA) is 76.1 Å². The van der Waals surface area contributed by atoms with Crippen LogP contribution in [0.25, 0.3) is 20.8 Å². The first-order valence-corrected chi connectivity index (χ1v) is 11.6. The number of hydrogen-bond donors (Lipinski definition) is 1. The summed E-state index contributed by atoms with van der Waals surface area (Å²) in [6, 6.07) is 21.9. The molecule has 0 atom stereocenters. The number of thiazole rings is 1. The predicted molar refractivity (Wildman–Crippen MR) is 117 cm³/mol. The van der Waals surface area contributed by atoms with E-state index in [1.807, 2.05) is 48.5 Å². The number of para-hydroxylation sites is 1. The summed E-state index contributed by atoms with van der Waals surface area (Å²) in [5, 5.41) is 3.80. The number of aromatic nitrogens is 1. The summed E-state index contributed by atoms with van der Waals surface area (Å²) in [5.41, 5.74) is 3.35. The standard InChI is InChI=1S/C22H18N2O3S2/c1-29(26,27)18-11-9-15(10-12-18)13-21(25)23-17-6-4-5-16(14-17)22-24-19-7-2-3-8-20(19)28-22/h2-12,14H,13H2,1H3,(H,23,25). The monoisotopic (exact) mass is 422 g/mol. The highest BCUT2D eigenvalue weighted by Crippen LogP contribution is 2.31. The second-order valence-corrected chi connectivity index (χ2v) is 9.76. The average Bonchev–Trinajstić information content (AvgIpc) is 3.12. The lowest BCUT2D eigenvalue weighted by molar-refractivity contribution is -0.115. The molecule has 5 nitrogen and oxygen atoms in total. The highest BCUT2D eigenvalue weighted by Gasteiger charge is 2.10. The smallest absolute Gasteiger partial charge is 0.228 e. The van der Waals surface area contributed by atoms with Crippen LogP contribution in [-0.2, 0) is 21.1 Å². The molecule has 0 spiro atoms. The Bertz CT molecular complexity index is 1260. The van der Waals surface area contributed by atoms with Gasteiger partial charge in [-0.2, -0.15) is 0 Å². The molecule has 3 aromatic carbocycles. The van der Waals surface area contributed by atoms with Crippen LogP contribution in [0.1, 0.15) is 5.56 Å². The minimum atomic E-state index is -3.24. The maximum absolute atomic E-state index is 12.4. The molecular weight excluding hydrogens is 404 g/mol. The number of fused-ring (bicyclic) bond motifs is 1. The largest absolute Gasteiger partial charge is 0.326 e. The molecule has 0 saturated carbocycles. The van der Waals surface area contributed by atoms with Crippen molar-refractivity contribution in [2.24, 2.45) is 0 Å². The molecule has 0 unspecified atom stereocenters. The predicted octanol–water partition coefficient (Wildman–Crippen LogP) is 4.55. The maximum Gasteiger partial charge on any atom is 0.228 e. The van der Waals surface area contributed by atoms with Gasteiger partial charge in [0.05, 0.1) is 21.5 Å². The van der Waals surface area contributed by atoms with Crippen LogP contribution in [0, 0.1) is 0 Å². The van der Waals surface area contributed by atoms with Crippen LogP contribution in [0.15, 0.2) is 77.7 Å². The molecule has 4 aromatic rings. The fourth-order valence-corrected chi connectivity index (χ4v) is 4.56. The Hall–Kier alpha value is -3.03. The average molecular weight is 423 g/mol. The molecule has 4 rings (SSSR count). The van der Waals surface area contributed by atoms with Crippen molar-refractivity contribution in [1.82, 2.24) is 4.98 Å². The van der Waals surface area contributed by atoms with Crippen molar-refractivity contribution in [2.75, 3.05) is 11.6 Å². The van der Waals surface area contributed by atoms with Crippen LogP contribution in [-0.4, -0.2) is 25.6 Å². The van der Waals surface area contributed by atoms with Crippen molar-refractivity contribution in [3.05, 3.63) is 78.4 Å². The number of carbonyl (C=O) groups excluding carboxylic acids is 1. The molecule has 0 aliphatic carbocycles. The third-order valence-corrected chi connectivity index (χ3v) is 6.62. The second kappa shape index (κ2) is 7.77. The zero-order valence-electron chi connectivity index (χ0n) is 15.6. The number of hydrogen-bond acceptors (Lipinski definition) is 5. The van der Waals surface area contributed by atoms with E-state index in [0.29, 0.717) is 5.69 Å². The Kier molecular flexibility index (Phi) is 5.17. The highest BCUT2D eigenvalue weighted by molar-refractivity contribution is 7.90. The molecule has 0 aliphatic rings. The fourth-order valence-electron chi connectivity index (χ4n) is 2.97. The van der Waals surface area contributed by atoms with Crippen molar-refractivity contribution in [2.45, 2.75) is 11.3 Å². The van der Waals surface area contributed by atoms with Crippen LogP contribution >= 0.6 is 11.3 Å². The summed E-state index contributed by atoms with van der Waals surface area (Å²) in [7, 11) is -3.24. The van der Waals surface area contributed by atoms with Crippen molar-refractivity contribution < 1.29 is 13.2 Å². The van der Waals surface area contributed by atoms with E-state index in [1.165, 1.54) is 12.1 Å². The lowest BCUT2D eigenvalue weighted by atomic mass is 10.1. The van der Waals surface area contributed by atoms with Gasteiger partial charge in [-0.05, 0) is 42.0 Å². The lowest BCUT2D eigenvalue weighted by Crippen LogP contribution is -2.14. The van der Waals surface area contributed by atoms with Gasteiger partial charge in [0.2, 0.25) is 5.91 Å². The van der Waals surface area contributed by atoms with E-state index in [4.69, 9.17) is 0 Å². The van der Waals surface area contributed by atoms with Crippen molar-refractivity contribution in [3.63, 3.8) is 0 Å². The van der Waals surface area contributed by atoms with E-state index in [2.05, 4.69) is 10.3 Å². The Labute approximate surface area is 173 Å². The lowest BCUT2D eigenvalue weighted by Gasteiger charge is -2.07. The zero-order chi connectivity index (χ0) is 20.4. The van der Waals surface area contributed by atoms with E-state index < -0.39 is 9.84 Å². The first-order chi connectivity index (χ1) is 13.9. The first-order valence-electron chi connectivity index (χ1n) is 8.93. The van der Waals surface area contributed by atoms with Gasteiger partial charge in [-0.1, -0.05) is 36.4 Å². The quantitative estimate of drug-likeness (QED) is 0.512. The van der Waals surface area contributed by atoms with Crippen LogP contribution in [0.4, 0.5) is 5.69 Å². The molecule has 1 heterocycles.